The van der Waals surface area contributed by atoms with Crippen molar-refractivity contribution in [2.24, 2.45) is 0 Å². The molecule has 21 heteroatoms. The molecule has 3 unspecified atom stereocenters. The number of nitrogens with two attached hydrogens (primary N) is 2. The van der Waals surface area contributed by atoms with Crippen molar-refractivity contribution in [1.29, 1.82) is 0 Å². The van der Waals surface area contributed by atoms with Crippen LogP contribution in [0.4, 0.5) is 11.6 Å². The molecule has 2 saturated heterocycles. The Kier molecular flexibility index (Phi) is 7.06. The van der Waals surface area contributed by atoms with Crippen molar-refractivity contribution in [3.8, 4) is 0 Å². The Morgan fingerprint density at radius 1 is 0.829 bits per heavy atom. The largest absolute Gasteiger partial charge is 0.472 e. The normalized spacial score (nSPS) is 31.7. The smallest absolute Gasteiger partial charge is 0.394 e. The summed E-state index contributed by atoms with van der Waals surface area (Å²) in [5, 5.41) is 41.8. The average molecular weight is 596 g/mol. The van der Waals surface area contributed by atoms with E-state index in [1.807, 2.05) is 0 Å². The van der Waals surface area contributed by atoms with Gasteiger partial charge < -0.3 is 46.3 Å². The molecule has 20 nitrogen and oxygen atoms in total. The minimum absolute atomic E-state index is 0.0864. The molecule has 0 saturated carbocycles. The molecule has 2 aliphatic rings. The average Bonchev–Trinajstić information content (AvgIpc) is 3.70. The van der Waals surface area contributed by atoms with E-state index in [-0.39, 0.29) is 34.0 Å². The molecule has 0 spiro atoms. The number of nitrogens with zero attached hydrogens (tertiary/aromatic N) is 8. The second kappa shape index (κ2) is 10.4. The fourth-order valence-electron chi connectivity index (χ4n) is 4.79. The fraction of sp³-hybridized carbons (Fsp3) is 0.500. The lowest BCUT2D eigenvalue weighted by molar-refractivity contribution is -0.0585. The first-order chi connectivity index (χ1) is 19.6. The summed E-state index contributed by atoms with van der Waals surface area (Å²) in [6.07, 6.45) is -6.18. The van der Waals surface area contributed by atoms with Gasteiger partial charge in [0.2, 0.25) is 0 Å². The Morgan fingerprint density at radius 3 is 1.93 bits per heavy atom. The van der Waals surface area contributed by atoms with Gasteiger partial charge in [-0.1, -0.05) is 0 Å². The third kappa shape index (κ3) is 4.78. The maximum absolute atomic E-state index is 12.9. The molecule has 9 atom stereocenters. The highest BCUT2D eigenvalue weighted by molar-refractivity contribution is 7.47. The molecule has 4 aromatic heterocycles. The number of aliphatic hydroxyl groups excluding tert-OH is 4. The van der Waals surface area contributed by atoms with Gasteiger partial charge in [-0.15, -0.1) is 0 Å². The van der Waals surface area contributed by atoms with E-state index in [9.17, 15) is 29.9 Å². The van der Waals surface area contributed by atoms with Gasteiger partial charge in [0.15, 0.2) is 35.4 Å². The first-order valence-corrected chi connectivity index (χ1v) is 13.6. The molecule has 0 bridgehead atoms. The van der Waals surface area contributed by atoms with Crippen molar-refractivity contribution in [1.82, 2.24) is 39.0 Å². The molecule has 0 amide bonds. The molecular formula is C20H25N10O10P. The number of ether oxygens (including phenoxy) is 2. The molecule has 4 aromatic rings. The summed E-state index contributed by atoms with van der Waals surface area (Å²) in [7, 11) is -4.96. The van der Waals surface area contributed by atoms with Crippen molar-refractivity contribution in [3.05, 3.63) is 25.3 Å². The van der Waals surface area contributed by atoms with Gasteiger partial charge in [0.25, 0.3) is 0 Å². The molecule has 6 rings (SSSR count). The number of aliphatic hydroxyl groups is 4. The number of hydrogen-bond acceptors (Lipinski definition) is 17. The number of nitrogen functional groups attached to an aromatic ring is 2. The summed E-state index contributed by atoms with van der Waals surface area (Å²) < 4.78 is 37.1. The summed E-state index contributed by atoms with van der Waals surface area (Å²) in [6.45, 7) is -1.39. The summed E-state index contributed by atoms with van der Waals surface area (Å²) in [6, 6.07) is 0. The monoisotopic (exact) mass is 596 g/mol. The summed E-state index contributed by atoms with van der Waals surface area (Å²) >= 11 is 0. The molecule has 220 valence electrons. The van der Waals surface area contributed by atoms with E-state index in [1.54, 1.807) is 0 Å². The molecule has 0 aliphatic carbocycles. The zero-order valence-electron chi connectivity index (χ0n) is 20.8. The highest BCUT2D eigenvalue weighted by Crippen LogP contribution is 2.49. The van der Waals surface area contributed by atoms with Gasteiger partial charge >= 0.3 is 7.82 Å². The van der Waals surface area contributed by atoms with Crippen LogP contribution in [0.5, 0.6) is 0 Å². The van der Waals surface area contributed by atoms with Gasteiger partial charge in [-0.05, 0) is 0 Å². The molecular weight excluding hydrogens is 571 g/mol. The first-order valence-electron chi connectivity index (χ1n) is 12.1. The number of fused-ring (bicyclic) bond motifs is 2. The van der Waals surface area contributed by atoms with E-state index in [0.717, 1.165) is 0 Å². The second-order valence-electron chi connectivity index (χ2n) is 9.28. The lowest BCUT2D eigenvalue weighted by atomic mass is 10.1. The van der Waals surface area contributed by atoms with Crippen LogP contribution < -0.4 is 11.5 Å². The maximum Gasteiger partial charge on any atom is 0.472 e. The van der Waals surface area contributed by atoms with Crippen LogP contribution in [0.25, 0.3) is 22.3 Å². The molecule has 2 fully saturated rings. The number of rotatable bonds is 8. The minimum atomic E-state index is -4.96. The van der Waals surface area contributed by atoms with Crippen LogP contribution in [0.15, 0.2) is 25.3 Å². The van der Waals surface area contributed by atoms with E-state index in [4.69, 9.17) is 30.0 Å². The van der Waals surface area contributed by atoms with Crippen LogP contribution in [0.3, 0.4) is 0 Å². The molecule has 2 aliphatic heterocycles. The molecule has 0 aromatic carbocycles. The van der Waals surface area contributed by atoms with Gasteiger partial charge in [0, 0.05) is 0 Å². The van der Waals surface area contributed by atoms with Crippen molar-refractivity contribution in [2.75, 3.05) is 24.7 Å². The standard InChI is InChI=1S/C20H25N10O10P/c21-15-9-17(25-3-23-15)29(5-27-9)19-12(33)11(32)8(39-19)2-37-41(35,36)40-14-7(1-31)38-20(13(14)34)30-6-28-10-16(22)24-4-26-18(10)30/h3-8,11-14,19-20,31-34H,1-2H2,(H,35,36)(H2,21,23,25)(H2,22,24,26)/t7-,8-,11+,12-,13+,14-,19?,20?/m1/s1. The Bertz CT molecular complexity index is 1620. The minimum Gasteiger partial charge on any atom is -0.394 e. The predicted molar refractivity (Wildman–Crippen MR) is 133 cm³/mol. The Morgan fingerprint density at radius 2 is 1.37 bits per heavy atom. The van der Waals surface area contributed by atoms with Crippen LogP contribution in [-0.4, -0.2) is 114 Å². The van der Waals surface area contributed by atoms with Crippen molar-refractivity contribution in [3.63, 3.8) is 0 Å². The quantitative estimate of drug-likeness (QED) is 0.101. The van der Waals surface area contributed by atoms with Crippen molar-refractivity contribution < 1.29 is 48.4 Å². The summed E-state index contributed by atoms with van der Waals surface area (Å²) in [4.78, 5) is 34.4. The third-order valence-corrected chi connectivity index (χ3v) is 7.79. The van der Waals surface area contributed by atoms with E-state index in [2.05, 4.69) is 29.9 Å². The zero-order chi connectivity index (χ0) is 29.1. The third-order valence-electron chi connectivity index (χ3n) is 6.81. The Balaban J connectivity index is 1.14. The van der Waals surface area contributed by atoms with Gasteiger partial charge in [-0.25, -0.2) is 34.5 Å². The van der Waals surface area contributed by atoms with Crippen LogP contribution in [-0.2, 0) is 23.1 Å². The highest BCUT2D eigenvalue weighted by Gasteiger charge is 2.50. The van der Waals surface area contributed by atoms with Crippen LogP contribution in [0, 0.1) is 0 Å². The summed E-state index contributed by atoms with van der Waals surface area (Å²) in [5.74, 6) is 0.184. The second-order valence-corrected chi connectivity index (χ2v) is 10.7. The lowest BCUT2D eigenvalue weighted by Gasteiger charge is -2.23. The highest BCUT2D eigenvalue weighted by atomic mass is 31.2. The molecule has 6 heterocycles. The molecule has 9 N–H and O–H groups in total. The zero-order valence-corrected chi connectivity index (χ0v) is 21.7. The maximum atomic E-state index is 12.9. The number of aromatic nitrogens is 8. The van der Waals surface area contributed by atoms with Crippen LogP contribution in [0.2, 0.25) is 0 Å². The topological polar surface area (TPSA) is 294 Å². The van der Waals surface area contributed by atoms with Crippen molar-refractivity contribution in [2.45, 2.75) is 49.1 Å². The summed E-state index contributed by atoms with van der Waals surface area (Å²) in [5.41, 5.74) is 12.5. The van der Waals surface area contributed by atoms with Gasteiger partial charge in [0.1, 0.15) is 60.3 Å². The molecule has 0 radical (unpaired) electrons. The lowest BCUT2D eigenvalue weighted by Crippen LogP contribution is -2.36. The van der Waals surface area contributed by atoms with E-state index in [0.29, 0.717) is 0 Å². The van der Waals surface area contributed by atoms with Crippen LogP contribution >= 0.6 is 7.82 Å². The SMILES string of the molecule is Nc1ncnc2c1ncn2C1O[C@H](CO)[C@@H](OP(=O)(O)OC[C@H]2OC(n3cnc4c(N)ncnc43)[C@H](O)[C@H]2O)[C@@H]1O. The molecule has 41 heavy (non-hydrogen) atoms. The van der Waals surface area contributed by atoms with Gasteiger partial charge in [0.05, 0.1) is 25.9 Å². The number of imidazole rings is 2. The number of anilines is 2. The number of hydrogen-bond donors (Lipinski definition) is 7. The number of phosphoric acid groups is 1. The van der Waals surface area contributed by atoms with Crippen LogP contribution in [0.1, 0.15) is 12.5 Å². The van der Waals surface area contributed by atoms with E-state index in [1.165, 1.54) is 34.4 Å². The number of phosphoric ester groups is 1. The fourth-order valence-corrected chi connectivity index (χ4v) is 5.75. The van der Waals surface area contributed by atoms with Gasteiger partial charge in [-0.2, -0.15) is 0 Å². The van der Waals surface area contributed by atoms with Gasteiger partial charge in [-0.3, -0.25) is 18.2 Å². The van der Waals surface area contributed by atoms with E-state index >= 15 is 0 Å². The van der Waals surface area contributed by atoms with E-state index < -0.39 is 70.1 Å². The van der Waals surface area contributed by atoms with Crippen molar-refractivity contribution >= 4 is 41.8 Å². The Labute approximate surface area is 228 Å². The Hall–Kier alpha value is -3.43. The predicted octanol–water partition coefficient (Wildman–Crippen LogP) is -2.80. The first kappa shape index (κ1) is 27.7.